The quantitative estimate of drug-likeness (QED) is 0.549. The number of halogens is 2. The van der Waals surface area contributed by atoms with Gasteiger partial charge in [-0.05, 0) is 12.1 Å². The van der Waals surface area contributed by atoms with Crippen molar-refractivity contribution in [1.82, 2.24) is 5.01 Å². The number of benzene rings is 1. The SMILES string of the molecule is CN(C)/N=C/c1ccc(Cl)cc1Cl. The largest absolute Gasteiger partial charge is 0.303 e. The highest BCUT2D eigenvalue weighted by atomic mass is 35.5. The molecular weight excluding hydrogens is 207 g/mol. The third-order valence-electron chi connectivity index (χ3n) is 1.39. The molecule has 2 nitrogen and oxygen atoms in total. The number of hydrazone groups is 1. The van der Waals surface area contributed by atoms with Crippen molar-refractivity contribution in [1.29, 1.82) is 0 Å². The van der Waals surface area contributed by atoms with Gasteiger partial charge in [0.1, 0.15) is 0 Å². The van der Waals surface area contributed by atoms with Gasteiger partial charge in [-0.3, -0.25) is 0 Å². The molecule has 0 bridgehead atoms. The summed E-state index contributed by atoms with van der Waals surface area (Å²) in [5.41, 5.74) is 0.861. The molecule has 0 atom stereocenters. The summed E-state index contributed by atoms with van der Waals surface area (Å²) in [6, 6.07) is 5.31. The molecule has 0 radical (unpaired) electrons. The summed E-state index contributed by atoms with van der Waals surface area (Å²) in [5.74, 6) is 0. The molecule has 0 aliphatic carbocycles. The molecule has 0 amide bonds. The molecule has 0 spiro atoms. The molecule has 4 heteroatoms. The van der Waals surface area contributed by atoms with Crippen LogP contribution in [0.4, 0.5) is 0 Å². The van der Waals surface area contributed by atoms with Crippen molar-refractivity contribution < 1.29 is 0 Å². The van der Waals surface area contributed by atoms with Gasteiger partial charge < -0.3 is 5.01 Å². The van der Waals surface area contributed by atoms with Crippen LogP contribution >= 0.6 is 23.2 Å². The molecule has 0 aliphatic heterocycles. The van der Waals surface area contributed by atoms with Gasteiger partial charge in [0.15, 0.2) is 0 Å². The third kappa shape index (κ3) is 3.25. The zero-order chi connectivity index (χ0) is 9.84. The van der Waals surface area contributed by atoms with Gasteiger partial charge in [-0.15, -0.1) is 0 Å². The summed E-state index contributed by atoms with van der Waals surface area (Å²) < 4.78 is 0. The molecule has 0 aromatic heterocycles. The topological polar surface area (TPSA) is 15.6 Å². The number of hydrogen-bond acceptors (Lipinski definition) is 2. The van der Waals surface area contributed by atoms with Crippen LogP contribution in [0.15, 0.2) is 23.3 Å². The van der Waals surface area contributed by atoms with E-state index in [2.05, 4.69) is 5.10 Å². The highest BCUT2D eigenvalue weighted by Gasteiger charge is 1.97. The minimum absolute atomic E-state index is 0.609. The maximum atomic E-state index is 5.92. The van der Waals surface area contributed by atoms with Gasteiger partial charge in [0, 0.05) is 24.7 Å². The minimum Gasteiger partial charge on any atom is -0.303 e. The first-order valence-corrected chi connectivity index (χ1v) is 4.51. The van der Waals surface area contributed by atoms with Crippen LogP contribution in [-0.2, 0) is 0 Å². The van der Waals surface area contributed by atoms with Crippen molar-refractivity contribution in [2.24, 2.45) is 5.10 Å². The van der Waals surface area contributed by atoms with Crippen molar-refractivity contribution in [3.63, 3.8) is 0 Å². The fourth-order valence-corrected chi connectivity index (χ4v) is 1.24. The third-order valence-corrected chi connectivity index (χ3v) is 1.95. The van der Waals surface area contributed by atoms with Crippen molar-refractivity contribution in [3.8, 4) is 0 Å². The molecule has 13 heavy (non-hydrogen) atoms. The minimum atomic E-state index is 0.609. The average molecular weight is 217 g/mol. The van der Waals surface area contributed by atoms with Crippen LogP contribution in [-0.4, -0.2) is 25.3 Å². The molecule has 1 aromatic carbocycles. The standard InChI is InChI=1S/C9H10Cl2N2/c1-13(2)12-6-7-3-4-8(10)5-9(7)11/h3-6H,1-2H3/b12-6+. The summed E-state index contributed by atoms with van der Waals surface area (Å²) in [6.45, 7) is 0. The van der Waals surface area contributed by atoms with E-state index in [0.717, 1.165) is 5.56 Å². The average Bonchev–Trinajstić information content (AvgIpc) is 2.02. The molecule has 0 heterocycles. The normalized spacial score (nSPS) is 10.8. The Bertz CT molecular complexity index is 321. The molecule has 0 saturated heterocycles. The van der Waals surface area contributed by atoms with E-state index in [1.807, 2.05) is 20.2 Å². The van der Waals surface area contributed by atoms with Crippen LogP contribution in [0, 0.1) is 0 Å². The molecule has 0 fully saturated rings. The van der Waals surface area contributed by atoms with Crippen LogP contribution in [0.3, 0.4) is 0 Å². The first kappa shape index (κ1) is 10.4. The highest BCUT2D eigenvalue weighted by Crippen LogP contribution is 2.19. The van der Waals surface area contributed by atoms with Gasteiger partial charge in [-0.2, -0.15) is 5.10 Å². The predicted octanol–water partition coefficient (Wildman–Crippen LogP) is 2.89. The van der Waals surface area contributed by atoms with Gasteiger partial charge in [-0.25, -0.2) is 0 Å². The van der Waals surface area contributed by atoms with Gasteiger partial charge in [0.05, 0.1) is 11.2 Å². The molecule has 0 aliphatic rings. The Hall–Kier alpha value is -0.730. The van der Waals surface area contributed by atoms with E-state index >= 15 is 0 Å². The monoisotopic (exact) mass is 216 g/mol. The summed E-state index contributed by atoms with van der Waals surface area (Å²) >= 11 is 11.7. The van der Waals surface area contributed by atoms with Crippen molar-refractivity contribution >= 4 is 29.4 Å². The predicted molar refractivity (Wildman–Crippen MR) is 57.7 cm³/mol. The van der Waals surface area contributed by atoms with Crippen LogP contribution in [0.5, 0.6) is 0 Å². The Kier molecular flexibility index (Phi) is 3.58. The first-order chi connectivity index (χ1) is 6.09. The Labute approximate surface area is 87.8 Å². The summed E-state index contributed by atoms with van der Waals surface area (Å²) in [5, 5.41) is 7.01. The summed E-state index contributed by atoms with van der Waals surface area (Å²) in [4.78, 5) is 0. The lowest BCUT2D eigenvalue weighted by Crippen LogP contribution is -2.01. The number of rotatable bonds is 2. The molecule has 0 unspecified atom stereocenters. The fourth-order valence-electron chi connectivity index (χ4n) is 0.784. The van der Waals surface area contributed by atoms with E-state index in [1.165, 1.54) is 0 Å². The van der Waals surface area contributed by atoms with Gasteiger partial charge >= 0.3 is 0 Å². The fraction of sp³-hybridized carbons (Fsp3) is 0.222. The summed E-state index contributed by atoms with van der Waals surface area (Å²) in [6.07, 6.45) is 1.69. The second-order valence-corrected chi connectivity index (χ2v) is 3.60. The lowest BCUT2D eigenvalue weighted by atomic mass is 10.2. The zero-order valence-electron chi connectivity index (χ0n) is 7.46. The van der Waals surface area contributed by atoms with Crippen LogP contribution in [0.2, 0.25) is 10.0 Å². The van der Waals surface area contributed by atoms with E-state index in [1.54, 1.807) is 23.4 Å². The number of nitrogens with zero attached hydrogens (tertiary/aromatic N) is 2. The Morgan fingerprint density at radius 3 is 2.54 bits per heavy atom. The van der Waals surface area contributed by atoms with Crippen molar-refractivity contribution in [2.75, 3.05) is 14.1 Å². The van der Waals surface area contributed by atoms with Crippen LogP contribution in [0.25, 0.3) is 0 Å². The maximum Gasteiger partial charge on any atom is 0.0557 e. The smallest absolute Gasteiger partial charge is 0.0557 e. The molecule has 0 N–H and O–H groups in total. The van der Waals surface area contributed by atoms with Crippen molar-refractivity contribution in [3.05, 3.63) is 33.8 Å². The zero-order valence-corrected chi connectivity index (χ0v) is 8.97. The van der Waals surface area contributed by atoms with Gasteiger partial charge in [0.25, 0.3) is 0 Å². The van der Waals surface area contributed by atoms with E-state index in [4.69, 9.17) is 23.2 Å². The van der Waals surface area contributed by atoms with Crippen molar-refractivity contribution in [2.45, 2.75) is 0 Å². The molecule has 1 aromatic rings. The van der Waals surface area contributed by atoms with Crippen LogP contribution < -0.4 is 0 Å². The molecular formula is C9H10Cl2N2. The second-order valence-electron chi connectivity index (χ2n) is 2.76. The van der Waals surface area contributed by atoms with E-state index in [9.17, 15) is 0 Å². The summed E-state index contributed by atoms with van der Waals surface area (Å²) in [7, 11) is 3.70. The highest BCUT2D eigenvalue weighted by molar-refractivity contribution is 6.36. The molecule has 70 valence electrons. The van der Waals surface area contributed by atoms with Gasteiger partial charge in [0.2, 0.25) is 0 Å². The first-order valence-electron chi connectivity index (χ1n) is 3.76. The second kappa shape index (κ2) is 4.49. The Balaban J connectivity index is 2.90. The molecule has 1 rings (SSSR count). The lowest BCUT2D eigenvalue weighted by molar-refractivity contribution is 0.440. The lowest BCUT2D eigenvalue weighted by Gasteiger charge is -2.03. The Morgan fingerprint density at radius 2 is 2.00 bits per heavy atom. The number of hydrogen-bond donors (Lipinski definition) is 0. The Morgan fingerprint density at radius 1 is 1.31 bits per heavy atom. The maximum absolute atomic E-state index is 5.92. The van der Waals surface area contributed by atoms with Gasteiger partial charge in [-0.1, -0.05) is 29.3 Å². The van der Waals surface area contributed by atoms with E-state index < -0.39 is 0 Å². The van der Waals surface area contributed by atoms with Crippen LogP contribution in [0.1, 0.15) is 5.56 Å². The van der Waals surface area contributed by atoms with E-state index in [0.29, 0.717) is 10.0 Å². The van der Waals surface area contributed by atoms with E-state index in [-0.39, 0.29) is 0 Å². The molecule has 0 saturated carbocycles.